The van der Waals surface area contributed by atoms with Crippen LogP contribution in [0.5, 0.6) is 0 Å². The van der Waals surface area contributed by atoms with Gasteiger partial charge in [0.2, 0.25) is 11.7 Å². The molecule has 2 rings (SSSR count). The van der Waals surface area contributed by atoms with Crippen molar-refractivity contribution in [2.24, 2.45) is 5.73 Å². The van der Waals surface area contributed by atoms with E-state index >= 15 is 0 Å². The van der Waals surface area contributed by atoms with Gasteiger partial charge in [-0.1, -0.05) is 35.3 Å². The highest BCUT2D eigenvalue weighted by atomic mass is 35.5. The molecule has 1 aromatic heterocycles. The van der Waals surface area contributed by atoms with Crippen molar-refractivity contribution in [1.82, 2.24) is 4.98 Å². The van der Waals surface area contributed by atoms with Gasteiger partial charge in [-0.25, -0.2) is 4.98 Å². The van der Waals surface area contributed by atoms with Gasteiger partial charge in [-0.05, 0) is 24.3 Å². The fraction of sp³-hybridized carbons (Fsp3) is 0.0714. The van der Waals surface area contributed by atoms with Gasteiger partial charge in [-0.2, -0.15) is 0 Å². The van der Waals surface area contributed by atoms with Crippen molar-refractivity contribution in [2.75, 3.05) is 11.9 Å². The number of nitrogens with zero attached hydrogens (tertiary/aromatic N) is 1. The lowest BCUT2D eigenvalue weighted by Crippen LogP contribution is -2.23. The molecule has 0 unspecified atom stereocenters. The second-order valence-electron chi connectivity index (χ2n) is 4.09. The number of pyridine rings is 1. The Morgan fingerprint density at radius 3 is 2.52 bits per heavy atom. The number of carbonyl (C=O) groups is 2. The van der Waals surface area contributed by atoms with E-state index in [1.54, 1.807) is 24.3 Å². The van der Waals surface area contributed by atoms with E-state index in [9.17, 15) is 9.59 Å². The zero-order chi connectivity index (χ0) is 15.4. The van der Waals surface area contributed by atoms with Crippen LogP contribution in [0.2, 0.25) is 10.2 Å². The maximum Gasteiger partial charge on any atom is 0.238 e. The first kappa shape index (κ1) is 15.4. The average Bonchev–Trinajstić information content (AvgIpc) is 2.48. The van der Waals surface area contributed by atoms with E-state index in [4.69, 9.17) is 28.9 Å². The summed E-state index contributed by atoms with van der Waals surface area (Å²) >= 11 is 11.8. The van der Waals surface area contributed by atoms with Crippen LogP contribution in [0.1, 0.15) is 16.1 Å². The third kappa shape index (κ3) is 3.58. The molecule has 0 aliphatic rings. The molecule has 21 heavy (non-hydrogen) atoms. The molecule has 0 atom stereocenters. The fourth-order valence-corrected chi connectivity index (χ4v) is 2.05. The van der Waals surface area contributed by atoms with Crippen LogP contribution in [0.3, 0.4) is 0 Å². The van der Waals surface area contributed by atoms with Gasteiger partial charge < -0.3 is 11.1 Å². The first-order valence-corrected chi connectivity index (χ1v) is 6.74. The molecular formula is C14H11Cl2N3O2. The van der Waals surface area contributed by atoms with E-state index in [2.05, 4.69) is 10.3 Å². The van der Waals surface area contributed by atoms with E-state index in [1.807, 2.05) is 0 Å². The topological polar surface area (TPSA) is 85.1 Å². The van der Waals surface area contributed by atoms with Crippen LogP contribution in [-0.4, -0.2) is 23.2 Å². The Morgan fingerprint density at radius 1 is 1.14 bits per heavy atom. The number of aromatic nitrogens is 1. The van der Waals surface area contributed by atoms with Crippen molar-refractivity contribution in [3.63, 3.8) is 0 Å². The molecule has 0 spiro atoms. The molecule has 3 N–H and O–H groups in total. The van der Waals surface area contributed by atoms with Crippen LogP contribution in [-0.2, 0) is 4.79 Å². The van der Waals surface area contributed by atoms with Crippen molar-refractivity contribution in [1.29, 1.82) is 0 Å². The lowest BCUT2D eigenvalue weighted by Gasteiger charge is -2.10. The number of anilines is 1. The predicted molar refractivity (Wildman–Crippen MR) is 81.8 cm³/mol. The normalized spacial score (nSPS) is 10.2. The highest BCUT2D eigenvalue weighted by Gasteiger charge is 2.19. The molecule has 5 nitrogen and oxygen atoms in total. The lowest BCUT2D eigenvalue weighted by molar-refractivity contribution is -0.114. The molecule has 0 aliphatic heterocycles. The average molecular weight is 324 g/mol. The molecule has 0 radical (unpaired) electrons. The summed E-state index contributed by atoms with van der Waals surface area (Å²) in [5.74, 6) is -0.872. The molecule has 1 heterocycles. The molecule has 2 aromatic rings. The number of hydrogen-bond donors (Lipinski definition) is 2. The van der Waals surface area contributed by atoms with Crippen molar-refractivity contribution < 1.29 is 9.59 Å². The zero-order valence-corrected chi connectivity index (χ0v) is 12.3. The number of hydrogen-bond acceptors (Lipinski definition) is 4. The highest BCUT2D eigenvalue weighted by molar-refractivity contribution is 6.35. The minimum Gasteiger partial charge on any atom is -0.323 e. The molecule has 0 fully saturated rings. The summed E-state index contributed by atoms with van der Waals surface area (Å²) in [6, 6.07) is 9.52. The van der Waals surface area contributed by atoms with Crippen LogP contribution in [0, 0.1) is 0 Å². The smallest absolute Gasteiger partial charge is 0.238 e. The van der Waals surface area contributed by atoms with Gasteiger partial charge in [-0.3, -0.25) is 9.59 Å². The number of nitrogens with one attached hydrogen (secondary N) is 1. The van der Waals surface area contributed by atoms with Gasteiger partial charge in [0.05, 0.1) is 17.3 Å². The van der Waals surface area contributed by atoms with E-state index in [0.29, 0.717) is 5.02 Å². The lowest BCUT2D eigenvalue weighted by atomic mass is 10.1. The molecule has 0 saturated carbocycles. The number of rotatable bonds is 4. The third-order valence-electron chi connectivity index (χ3n) is 2.65. The number of nitrogens with two attached hydrogens (primary N) is 1. The highest BCUT2D eigenvalue weighted by Crippen LogP contribution is 2.24. The molecule has 0 bridgehead atoms. The Morgan fingerprint density at radius 2 is 1.86 bits per heavy atom. The Bertz CT molecular complexity index is 704. The van der Waals surface area contributed by atoms with Crippen LogP contribution < -0.4 is 11.1 Å². The maximum atomic E-state index is 12.5. The van der Waals surface area contributed by atoms with Crippen LogP contribution in [0.4, 0.5) is 5.69 Å². The molecular weight excluding hydrogens is 313 g/mol. The number of carbonyl (C=O) groups excluding carboxylic acids is 2. The van der Waals surface area contributed by atoms with Gasteiger partial charge >= 0.3 is 0 Å². The van der Waals surface area contributed by atoms with E-state index in [-0.39, 0.29) is 28.6 Å². The molecule has 108 valence electrons. The fourth-order valence-electron chi connectivity index (χ4n) is 1.68. The second-order valence-corrected chi connectivity index (χ2v) is 4.89. The van der Waals surface area contributed by atoms with Crippen molar-refractivity contribution in [3.05, 3.63) is 57.8 Å². The van der Waals surface area contributed by atoms with Crippen molar-refractivity contribution >= 4 is 40.6 Å². The van der Waals surface area contributed by atoms with E-state index in [1.165, 1.54) is 12.1 Å². The summed E-state index contributed by atoms with van der Waals surface area (Å²) in [5, 5.41) is 2.94. The summed E-state index contributed by atoms with van der Waals surface area (Å²) in [6.45, 7) is -0.206. The first-order chi connectivity index (χ1) is 10.0. The summed E-state index contributed by atoms with van der Waals surface area (Å²) < 4.78 is 0. The molecule has 7 heteroatoms. The standard InChI is InChI=1S/C14H11Cl2N3O2/c15-9-4-2-1-3-8(9)14(21)13-10(18-12(20)7-17)5-6-11(16)19-13/h1-6H,7,17H2,(H,18,20). The summed E-state index contributed by atoms with van der Waals surface area (Å²) in [6.07, 6.45) is 0. The van der Waals surface area contributed by atoms with Gasteiger partial charge in [0, 0.05) is 5.56 Å². The number of ketones is 1. The Labute approximate surface area is 131 Å². The van der Waals surface area contributed by atoms with Gasteiger partial charge in [0.15, 0.2) is 0 Å². The minimum absolute atomic E-state index is 0.0115. The third-order valence-corrected chi connectivity index (χ3v) is 3.19. The number of benzene rings is 1. The second kappa shape index (κ2) is 6.67. The Balaban J connectivity index is 2.47. The van der Waals surface area contributed by atoms with Gasteiger partial charge in [0.1, 0.15) is 10.8 Å². The van der Waals surface area contributed by atoms with E-state index < -0.39 is 11.7 Å². The van der Waals surface area contributed by atoms with Crippen LogP contribution in [0.25, 0.3) is 0 Å². The first-order valence-electron chi connectivity index (χ1n) is 5.98. The Hall–Kier alpha value is -1.95. The SMILES string of the molecule is NCC(=O)Nc1ccc(Cl)nc1C(=O)c1ccccc1Cl. The monoisotopic (exact) mass is 323 g/mol. The molecule has 0 aliphatic carbocycles. The molecule has 0 saturated heterocycles. The maximum absolute atomic E-state index is 12.5. The van der Waals surface area contributed by atoms with Crippen LogP contribution in [0.15, 0.2) is 36.4 Å². The molecule has 1 aromatic carbocycles. The largest absolute Gasteiger partial charge is 0.323 e. The number of amides is 1. The van der Waals surface area contributed by atoms with Crippen molar-refractivity contribution in [3.8, 4) is 0 Å². The molecule has 1 amide bonds. The van der Waals surface area contributed by atoms with Gasteiger partial charge in [-0.15, -0.1) is 0 Å². The number of halogens is 2. The predicted octanol–water partition coefficient (Wildman–Crippen LogP) is 2.52. The van der Waals surface area contributed by atoms with Crippen molar-refractivity contribution in [2.45, 2.75) is 0 Å². The summed E-state index contributed by atoms with van der Waals surface area (Å²) in [4.78, 5) is 27.9. The summed E-state index contributed by atoms with van der Waals surface area (Å²) in [7, 11) is 0. The summed E-state index contributed by atoms with van der Waals surface area (Å²) in [5.41, 5.74) is 5.77. The van der Waals surface area contributed by atoms with Gasteiger partial charge in [0.25, 0.3) is 0 Å². The Kier molecular flexibility index (Phi) is 4.90. The minimum atomic E-state index is -0.438. The van der Waals surface area contributed by atoms with E-state index in [0.717, 1.165) is 0 Å². The zero-order valence-electron chi connectivity index (χ0n) is 10.8. The quantitative estimate of drug-likeness (QED) is 0.668. The van der Waals surface area contributed by atoms with Crippen LogP contribution >= 0.6 is 23.2 Å².